The molecule has 20 heavy (non-hydrogen) atoms. The summed E-state index contributed by atoms with van der Waals surface area (Å²) in [7, 11) is 2.17. The number of halogens is 1. The van der Waals surface area contributed by atoms with Crippen LogP contribution in [0.25, 0.3) is 0 Å². The molecule has 0 amide bonds. The number of hydrogen-bond acceptors (Lipinski definition) is 2. The minimum Gasteiger partial charge on any atom is -0.316 e. The van der Waals surface area contributed by atoms with E-state index in [0.717, 1.165) is 31.2 Å². The van der Waals surface area contributed by atoms with Gasteiger partial charge in [0.2, 0.25) is 0 Å². The molecule has 114 valence electrons. The molecule has 0 atom stereocenters. The van der Waals surface area contributed by atoms with Gasteiger partial charge in [-0.2, -0.15) is 0 Å². The smallest absolute Gasteiger partial charge is 0.0409 e. The van der Waals surface area contributed by atoms with Crippen molar-refractivity contribution in [2.24, 2.45) is 11.3 Å². The Kier molecular flexibility index (Phi) is 7.01. The summed E-state index contributed by atoms with van der Waals surface area (Å²) >= 11 is 6.03. The fourth-order valence-corrected chi connectivity index (χ4v) is 2.70. The van der Waals surface area contributed by atoms with Crippen LogP contribution in [0.2, 0.25) is 5.02 Å². The van der Waals surface area contributed by atoms with Crippen LogP contribution in [0.4, 0.5) is 0 Å². The van der Waals surface area contributed by atoms with E-state index in [0.29, 0.717) is 5.92 Å². The van der Waals surface area contributed by atoms with Crippen LogP contribution < -0.4 is 5.32 Å². The summed E-state index contributed by atoms with van der Waals surface area (Å²) in [5, 5.41) is 4.37. The average molecular weight is 297 g/mol. The molecule has 1 N–H and O–H groups in total. The first-order valence-corrected chi connectivity index (χ1v) is 7.80. The molecular formula is C17H29ClN2. The summed E-state index contributed by atoms with van der Waals surface area (Å²) in [6.45, 7) is 13.2. The first-order chi connectivity index (χ1) is 9.28. The Balaban J connectivity index is 2.41. The number of hydrogen-bond donors (Lipinski definition) is 1. The fraction of sp³-hybridized carbons (Fsp3) is 0.647. The van der Waals surface area contributed by atoms with Crippen LogP contribution in [0.15, 0.2) is 24.3 Å². The molecule has 0 aliphatic carbocycles. The maximum absolute atomic E-state index is 6.03. The third-order valence-electron chi connectivity index (χ3n) is 3.20. The third kappa shape index (κ3) is 7.28. The minimum atomic E-state index is 0.266. The molecule has 0 saturated carbocycles. The van der Waals surface area contributed by atoms with Gasteiger partial charge in [0, 0.05) is 24.7 Å². The molecule has 1 aromatic rings. The Bertz CT molecular complexity index is 402. The highest BCUT2D eigenvalue weighted by molar-refractivity contribution is 6.30. The second kappa shape index (κ2) is 8.02. The summed E-state index contributed by atoms with van der Waals surface area (Å²) < 4.78 is 0. The molecule has 0 saturated heterocycles. The van der Waals surface area contributed by atoms with E-state index in [4.69, 9.17) is 11.6 Å². The maximum Gasteiger partial charge on any atom is 0.0409 e. The summed E-state index contributed by atoms with van der Waals surface area (Å²) in [6.07, 6.45) is 0. The normalized spacial score (nSPS) is 12.4. The third-order valence-corrected chi connectivity index (χ3v) is 3.43. The lowest BCUT2D eigenvalue weighted by atomic mass is 9.92. The van der Waals surface area contributed by atoms with Gasteiger partial charge in [-0.1, -0.05) is 51.4 Å². The van der Waals surface area contributed by atoms with Gasteiger partial charge in [-0.3, -0.25) is 0 Å². The molecule has 1 rings (SSSR count). The van der Waals surface area contributed by atoms with Gasteiger partial charge < -0.3 is 10.2 Å². The molecular weight excluding hydrogens is 268 g/mol. The van der Waals surface area contributed by atoms with Crippen LogP contribution in [-0.2, 0) is 6.54 Å². The Hall–Kier alpha value is -0.570. The van der Waals surface area contributed by atoms with Crippen LogP contribution in [-0.4, -0.2) is 31.6 Å². The van der Waals surface area contributed by atoms with Crippen LogP contribution in [0.3, 0.4) is 0 Å². The number of benzene rings is 1. The quantitative estimate of drug-likeness (QED) is 0.779. The first kappa shape index (κ1) is 17.5. The average Bonchev–Trinajstić information content (AvgIpc) is 2.26. The zero-order chi connectivity index (χ0) is 15.2. The van der Waals surface area contributed by atoms with Gasteiger partial charge in [-0.25, -0.2) is 0 Å². The SMILES string of the molecule is CC(C)CNCC(C)(C)CN(C)Cc1cccc(Cl)c1. The molecule has 0 aliphatic rings. The molecule has 0 bridgehead atoms. The highest BCUT2D eigenvalue weighted by Crippen LogP contribution is 2.18. The summed E-state index contributed by atoms with van der Waals surface area (Å²) in [5.41, 5.74) is 1.54. The highest BCUT2D eigenvalue weighted by atomic mass is 35.5. The lowest BCUT2D eigenvalue weighted by Crippen LogP contribution is -2.39. The highest BCUT2D eigenvalue weighted by Gasteiger charge is 2.20. The van der Waals surface area contributed by atoms with Crippen molar-refractivity contribution in [2.75, 3.05) is 26.7 Å². The number of nitrogens with one attached hydrogen (secondary N) is 1. The van der Waals surface area contributed by atoms with Gasteiger partial charge in [-0.05, 0) is 42.6 Å². The monoisotopic (exact) mass is 296 g/mol. The molecule has 0 unspecified atom stereocenters. The van der Waals surface area contributed by atoms with Crippen molar-refractivity contribution in [1.29, 1.82) is 0 Å². The second-order valence-electron chi connectivity index (χ2n) is 6.99. The molecule has 0 aromatic heterocycles. The van der Waals surface area contributed by atoms with Crippen LogP contribution in [0, 0.1) is 11.3 Å². The maximum atomic E-state index is 6.03. The van der Waals surface area contributed by atoms with E-state index in [-0.39, 0.29) is 5.41 Å². The van der Waals surface area contributed by atoms with E-state index in [9.17, 15) is 0 Å². The van der Waals surface area contributed by atoms with E-state index in [2.05, 4.69) is 51.0 Å². The summed E-state index contributed by atoms with van der Waals surface area (Å²) in [5.74, 6) is 0.704. The lowest BCUT2D eigenvalue weighted by Gasteiger charge is -2.31. The van der Waals surface area contributed by atoms with Crippen molar-refractivity contribution in [1.82, 2.24) is 10.2 Å². The Morgan fingerprint density at radius 1 is 1.30 bits per heavy atom. The van der Waals surface area contributed by atoms with Crippen molar-refractivity contribution in [2.45, 2.75) is 34.2 Å². The summed E-state index contributed by atoms with van der Waals surface area (Å²) in [6, 6.07) is 8.11. The van der Waals surface area contributed by atoms with E-state index < -0.39 is 0 Å². The van der Waals surface area contributed by atoms with E-state index >= 15 is 0 Å². The molecule has 1 aromatic carbocycles. The molecule has 0 aliphatic heterocycles. The number of rotatable bonds is 8. The minimum absolute atomic E-state index is 0.266. The van der Waals surface area contributed by atoms with Gasteiger partial charge in [0.05, 0.1) is 0 Å². The predicted octanol–water partition coefficient (Wildman–Crippen LogP) is 4.04. The van der Waals surface area contributed by atoms with E-state index in [1.807, 2.05) is 18.2 Å². The summed E-state index contributed by atoms with van der Waals surface area (Å²) in [4.78, 5) is 2.36. The van der Waals surface area contributed by atoms with Crippen LogP contribution >= 0.6 is 11.6 Å². The van der Waals surface area contributed by atoms with Gasteiger partial charge in [-0.15, -0.1) is 0 Å². The van der Waals surface area contributed by atoms with Crippen LogP contribution in [0.1, 0.15) is 33.3 Å². The largest absolute Gasteiger partial charge is 0.316 e. The Morgan fingerprint density at radius 2 is 2.00 bits per heavy atom. The molecule has 2 nitrogen and oxygen atoms in total. The molecule has 0 radical (unpaired) electrons. The van der Waals surface area contributed by atoms with Gasteiger partial charge in [0.15, 0.2) is 0 Å². The second-order valence-corrected chi connectivity index (χ2v) is 7.43. The molecule has 0 spiro atoms. The Morgan fingerprint density at radius 3 is 2.60 bits per heavy atom. The predicted molar refractivity (Wildman–Crippen MR) is 89.3 cm³/mol. The van der Waals surface area contributed by atoms with Crippen molar-refractivity contribution in [3.05, 3.63) is 34.9 Å². The van der Waals surface area contributed by atoms with Gasteiger partial charge in [0.25, 0.3) is 0 Å². The van der Waals surface area contributed by atoms with Crippen LogP contribution in [0.5, 0.6) is 0 Å². The van der Waals surface area contributed by atoms with E-state index in [1.165, 1.54) is 5.56 Å². The van der Waals surface area contributed by atoms with Crippen molar-refractivity contribution >= 4 is 11.6 Å². The zero-order valence-electron chi connectivity index (χ0n) is 13.5. The Labute approximate surface area is 129 Å². The zero-order valence-corrected chi connectivity index (χ0v) is 14.3. The van der Waals surface area contributed by atoms with Crippen molar-refractivity contribution < 1.29 is 0 Å². The van der Waals surface area contributed by atoms with Gasteiger partial charge >= 0.3 is 0 Å². The lowest BCUT2D eigenvalue weighted by molar-refractivity contribution is 0.197. The van der Waals surface area contributed by atoms with Crippen molar-refractivity contribution in [3.8, 4) is 0 Å². The fourth-order valence-electron chi connectivity index (χ4n) is 2.49. The van der Waals surface area contributed by atoms with Gasteiger partial charge in [0.1, 0.15) is 0 Å². The number of nitrogens with zero attached hydrogens (tertiary/aromatic N) is 1. The van der Waals surface area contributed by atoms with Crippen molar-refractivity contribution in [3.63, 3.8) is 0 Å². The van der Waals surface area contributed by atoms with E-state index in [1.54, 1.807) is 0 Å². The standard InChI is InChI=1S/C17H29ClN2/c1-14(2)10-19-12-17(3,4)13-20(5)11-15-7-6-8-16(18)9-15/h6-9,14,19H,10-13H2,1-5H3. The first-order valence-electron chi connectivity index (χ1n) is 7.42. The molecule has 3 heteroatoms. The molecule has 0 fully saturated rings. The topological polar surface area (TPSA) is 15.3 Å². The molecule has 0 heterocycles.